The number of anilines is 1. The molecule has 1 aliphatic rings. The number of carbonyl (C=O) groups is 1. The Kier molecular flexibility index (Phi) is 4.94. The second-order valence-electron chi connectivity index (χ2n) is 5.86. The summed E-state index contributed by atoms with van der Waals surface area (Å²) in [7, 11) is 0. The van der Waals surface area contributed by atoms with Gasteiger partial charge < -0.3 is 4.90 Å². The molecule has 0 bridgehead atoms. The van der Waals surface area contributed by atoms with Crippen LogP contribution in [0, 0.1) is 6.92 Å². The van der Waals surface area contributed by atoms with Crippen LogP contribution >= 0.6 is 11.3 Å². The molecule has 2 aromatic rings. The summed E-state index contributed by atoms with van der Waals surface area (Å²) in [6.07, 6.45) is -3.09. The summed E-state index contributed by atoms with van der Waals surface area (Å²) in [6, 6.07) is 2.49. The van der Waals surface area contributed by atoms with E-state index in [1.807, 2.05) is 17.2 Å². The number of aromatic amines is 1. The Labute approximate surface area is 147 Å². The van der Waals surface area contributed by atoms with Crippen molar-refractivity contribution in [3.63, 3.8) is 0 Å². The topological polar surface area (TPSA) is 50.6 Å². The van der Waals surface area contributed by atoms with E-state index in [9.17, 15) is 18.0 Å². The molecule has 1 N–H and O–H groups in total. The predicted molar refractivity (Wildman–Crippen MR) is 87.3 cm³/mol. The van der Waals surface area contributed by atoms with Crippen LogP contribution in [0.15, 0.2) is 23.7 Å². The Morgan fingerprint density at radius 3 is 2.52 bits per heavy atom. The lowest BCUT2D eigenvalue weighted by atomic mass is 10.2. The summed E-state index contributed by atoms with van der Waals surface area (Å²) >= 11 is 1.52. The van der Waals surface area contributed by atoms with Crippen LogP contribution < -0.4 is 9.88 Å². The van der Waals surface area contributed by atoms with Crippen LogP contribution in [-0.2, 0) is 17.4 Å². The normalized spacial score (nSPS) is 15.5. The summed E-state index contributed by atoms with van der Waals surface area (Å²) in [6.45, 7) is 4.12. The van der Waals surface area contributed by atoms with Crippen LogP contribution in [-0.4, -0.2) is 42.0 Å². The molecule has 134 valence electrons. The first kappa shape index (κ1) is 17.7. The Balaban J connectivity index is 1.55. The van der Waals surface area contributed by atoms with Crippen LogP contribution in [0.3, 0.4) is 0 Å². The van der Waals surface area contributed by atoms with Gasteiger partial charge in [-0.3, -0.25) is 9.69 Å². The molecule has 1 fully saturated rings. The minimum Gasteiger partial charge on any atom is -0.335 e. The highest BCUT2D eigenvalue weighted by Gasteiger charge is 2.33. The molecule has 0 spiro atoms. The fraction of sp³-hybridized carbons (Fsp3) is 0.438. The third-order valence-corrected chi connectivity index (χ3v) is 4.92. The average Bonchev–Trinajstić information content (AvgIpc) is 2.99. The second kappa shape index (κ2) is 6.99. The Morgan fingerprint density at radius 2 is 2.00 bits per heavy atom. The molecule has 0 aliphatic carbocycles. The van der Waals surface area contributed by atoms with E-state index in [2.05, 4.69) is 9.97 Å². The van der Waals surface area contributed by atoms with E-state index in [-0.39, 0.29) is 12.3 Å². The van der Waals surface area contributed by atoms with Crippen LogP contribution in [0.5, 0.6) is 0 Å². The van der Waals surface area contributed by atoms with Crippen LogP contribution in [0.4, 0.5) is 19.0 Å². The first-order chi connectivity index (χ1) is 11.8. The fourth-order valence-electron chi connectivity index (χ4n) is 2.74. The number of piperazine rings is 1. The second-order valence-corrected chi connectivity index (χ2v) is 6.93. The number of pyridine rings is 1. The molecule has 25 heavy (non-hydrogen) atoms. The van der Waals surface area contributed by atoms with Crippen LogP contribution in [0.25, 0.3) is 0 Å². The van der Waals surface area contributed by atoms with Crippen molar-refractivity contribution in [3.05, 3.63) is 40.0 Å². The van der Waals surface area contributed by atoms with Gasteiger partial charge in [-0.15, -0.1) is 11.3 Å². The molecule has 1 amide bonds. The number of hydrogen-bond acceptors (Lipinski definition) is 4. The zero-order valence-electron chi connectivity index (χ0n) is 13.6. The van der Waals surface area contributed by atoms with Crippen molar-refractivity contribution in [2.45, 2.75) is 19.5 Å². The molecule has 0 aromatic carbocycles. The number of rotatable bonds is 3. The Morgan fingerprint density at radius 1 is 1.28 bits per heavy atom. The molecule has 1 aliphatic heterocycles. The summed E-state index contributed by atoms with van der Waals surface area (Å²) in [4.78, 5) is 23.0. The molecular formula is C16H18F3N4OS+. The van der Waals surface area contributed by atoms with E-state index < -0.39 is 11.7 Å². The Hall–Kier alpha value is -2.16. The monoisotopic (exact) mass is 371 g/mol. The number of nitrogens with one attached hydrogen (secondary N) is 1. The maximum absolute atomic E-state index is 12.6. The molecule has 9 heteroatoms. The Bertz CT molecular complexity index is 737. The van der Waals surface area contributed by atoms with Gasteiger partial charge in [-0.05, 0) is 13.0 Å². The van der Waals surface area contributed by atoms with Gasteiger partial charge in [0.2, 0.25) is 5.91 Å². The number of aryl methyl sites for hydroxylation is 1. The molecule has 0 saturated carbocycles. The number of aromatic nitrogens is 2. The van der Waals surface area contributed by atoms with Gasteiger partial charge in [0.1, 0.15) is 19.3 Å². The van der Waals surface area contributed by atoms with E-state index >= 15 is 0 Å². The van der Waals surface area contributed by atoms with Crippen molar-refractivity contribution in [2.75, 3.05) is 31.1 Å². The number of H-pyrrole nitrogens is 1. The number of carbonyl (C=O) groups excluding carboxylic acids is 1. The highest BCUT2D eigenvalue weighted by atomic mass is 32.1. The molecular weight excluding hydrogens is 353 g/mol. The zero-order valence-corrected chi connectivity index (χ0v) is 14.5. The van der Waals surface area contributed by atoms with Gasteiger partial charge in [0.15, 0.2) is 0 Å². The molecule has 1 saturated heterocycles. The van der Waals surface area contributed by atoms with Gasteiger partial charge in [-0.25, -0.2) is 9.97 Å². The standard InChI is InChI=1S/C16H17F3N4OS/c1-11-21-13(10-25-11)8-15(24)23-6-4-22(5-7-23)14-3-2-12(9-20-14)16(17,18)19/h2-3,9-10H,4-8H2,1H3/p+1. The largest absolute Gasteiger partial charge is 0.419 e. The third-order valence-electron chi connectivity index (χ3n) is 4.10. The fourth-order valence-corrected chi connectivity index (χ4v) is 3.36. The zero-order chi connectivity index (χ0) is 18.0. The maximum Gasteiger partial charge on any atom is 0.419 e. The van der Waals surface area contributed by atoms with Gasteiger partial charge in [-0.2, -0.15) is 13.2 Å². The van der Waals surface area contributed by atoms with E-state index in [1.54, 1.807) is 4.90 Å². The molecule has 0 radical (unpaired) electrons. The van der Waals surface area contributed by atoms with Crippen molar-refractivity contribution < 1.29 is 22.9 Å². The first-order valence-electron chi connectivity index (χ1n) is 7.85. The maximum atomic E-state index is 12.6. The molecule has 5 nitrogen and oxygen atoms in total. The van der Waals surface area contributed by atoms with Gasteiger partial charge in [0.05, 0.1) is 35.8 Å². The number of amides is 1. The smallest absolute Gasteiger partial charge is 0.335 e. The lowest BCUT2D eigenvalue weighted by Gasteiger charge is -2.31. The third kappa shape index (κ3) is 4.28. The highest BCUT2D eigenvalue weighted by Crippen LogP contribution is 2.28. The van der Waals surface area contributed by atoms with Crippen molar-refractivity contribution in [1.82, 2.24) is 9.88 Å². The van der Waals surface area contributed by atoms with Crippen molar-refractivity contribution >= 4 is 23.1 Å². The first-order valence-corrected chi connectivity index (χ1v) is 8.73. The molecule has 0 unspecified atom stereocenters. The van der Waals surface area contributed by atoms with E-state index in [0.29, 0.717) is 32.0 Å². The SMILES string of the molecule is Cc1nc(CC(=O)N2CCN(c3ccc(C(F)(F)F)c[nH+]3)CC2)cs1. The van der Waals surface area contributed by atoms with E-state index in [0.717, 1.165) is 23.0 Å². The van der Waals surface area contributed by atoms with Crippen LogP contribution in [0.2, 0.25) is 0 Å². The minimum absolute atomic E-state index is 0.0290. The summed E-state index contributed by atoms with van der Waals surface area (Å²) in [5.74, 6) is 0.650. The number of halogens is 3. The quantitative estimate of drug-likeness (QED) is 0.831. The number of hydrogen-bond donors (Lipinski definition) is 0. The predicted octanol–water partition coefficient (Wildman–Crippen LogP) is 2.18. The number of nitrogens with zero attached hydrogens (tertiary/aromatic N) is 3. The summed E-state index contributed by atoms with van der Waals surface area (Å²) in [5, 5.41) is 2.83. The molecule has 3 heterocycles. The van der Waals surface area contributed by atoms with Crippen molar-refractivity contribution in [2.24, 2.45) is 0 Å². The van der Waals surface area contributed by atoms with E-state index in [4.69, 9.17) is 0 Å². The minimum atomic E-state index is -4.35. The summed E-state index contributed by atoms with van der Waals surface area (Å²) in [5.41, 5.74) is 0.0784. The number of alkyl halides is 3. The van der Waals surface area contributed by atoms with Gasteiger partial charge in [0, 0.05) is 11.4 Å². The van der Waals surface area contributed by atoms with Gasteiger partial charge >= 0.3 is 6.18 Å². The lowest BCUT2D eigenvalue weighted by molar-refractivity contribution is -0.367. The van der Waals surface area contributed by atoms with Crippen LogP contribution in [0.1, 0.15) is 16.3 Å². The summed E-state index contributed by atoms with van der Waals surface area (Å²) < 4.78 is 37.8. The van der Waals surface area contributed by atoms with Crippen molar-refractivity contribution in [1.29, 1.82) is 0 Å². The molecule has 3 rings (SSSR count). The average molecular weight is 371 g/mol. The van der Waals surface area contributed by atoms with E-state index in [1.165, 1.54) is 17.4 Å². The van der Waals surface area contributed by atoms with Gasteiger partial charge in [-0.1, -0.05) is 0 Å². The molecule has 0 atom stereocenters. The number of thiazole rings is 1. The molecule has 2 aromatic heterocycles. The van der Waals surface area contributed by atoms with Crippen molar-refractivity contribution in [3.8, 4) is 0 Å². The van der Waals surface area contributed by atoms with Gasteiger partial charge in [0.25, 0.3) is 5.82 Å². The lowest BCUT2D eigenvalue weighted by Crippen LogP contribution is -2.50. The highest BCUT2D eigenvalue weighted by molar-refractivity contribution is 7.09.